The van der Waals surface area contributed by atoms with E-state index < -0.39 is 5.60 Å². The first-order valence-electron chi connectivity index (χ1n) is 8.07. The van der Waals surface area contributed by atoms with Crippen LogP contribution in [-0.4, -0.2) is 22.5 Å². The maximum atomic E-state index is 12.2. The molecule has 3 N–H and O–H groups in total. The molecule has 1 saturated carbocycles. The van der Waals surface area contributed by atoms with Crippen molar-refractivity contribution in [3.8, 4) is 0 Å². The van der Waals surface area contributed by atoms with Gasteiger partial charge in [0.1, 0.15) is 5.60 Å². The minimum Gasteiger partial charge on any atom is -0.380 e. The summed E-state index contributed by atoms with van der Waals surface area (Å²) in [7, 11) is 0. The van der Waals surface area contributed by atoms with Crippen molar-refractivity contribution in [1.29, 1.82) is 0 Å². The third-order valence-corrected chi connectivity index (χ3v) is 4.27. The molecule has 3 rings (SSSR count). The Morgan fingerprint density at radius 3 is 2.17 bits per heavy atom. The molecule has 124 valence electrons. The zero-order valence-corrected chi connectivity index (χ0v) is 13.3. The summed E-state index contributed by atoms with van der Waals surface area (Å²) in [6, 6.07) is 15.8. The second kappa shape index (κ2) is 6.84. The van der Waals surface area contributed by atoms with Gasteiger partial charge in [-0.15, -0.1) is 0 Å². The van der Waals surface area contributed by atoms with Gasteiger partial charge in [-0.1, -0.05) is 24.3 Å². The molecule has 1 aliphatic rings. The fourth-order valence-corrected chi connectivity index (χ4v) is 2.90. The summed E-state index contributed by atoms with van der Waals surface area (Å²) in [5, 5.41) is 15.8. The Bertz CT molecular complexity index is 737. The predicted octanol–water partition coefficient (Wildman–Crippen LogP) is 3.18. The minimum absolute atomic E-state index is 0.214. The highest BCUT2D eigenvalue weighted by Crippen LogP contribution is 2.30. The van der Waals surface area contributed by atoms with E-state index in [-0.39, 0.29) is 11.8 Å². The number of carbonyl (C=O) groups is 2. The van der Waals surface area contributed by atoms with E-state index in [0.717, 1.165) is 12.8 Å². The van der Waals surface area contributed by atoms with E-state index in [0.29, 0.717) is 29.8 Å². The number of hydrogen-bond acceptors (Lipinski definition) is 3. The number of aliphatic hydroxyl groups is 1. The smallest absolute Gasteiger partial charge is 0.256 e. The van der Waals surface area contributed by atoms with Gasteiger partial charge in [-0.05, 0) is 56.0 Å². The first-order chi connectivity index (χ1) is 11.6. The molecule has 2 amide bonds. The van der Waals surface area contributed by atoms with Gasteiger partial charge in [0.05, 0.1) is 0 Å². The van der Waals surface area contributed by atoms with Crippen LogP contribution < -0.4 is 10.6 Å². The lowest BCUT2D eigenvalue weighted by molar-refractivity contribution is -0.133. The monoisotopic (exact) mass is 324 g/mol. The molecule has 0 aromatic heterocycles. The Labute approximate surface area is 140 Å². The molecule has 1 aliphatic carbocycles. The average Bonchev–Trinajstić information content (AvgIpc) is 3.04. The van der Waals surface area contributed by atoms with Crippen molar-refractivity contribution in [2.24, 2.45) is 0 Å². The molecule has 0 unspecified atom stereocenters. The lowest BCUT2D eigenvalue weighted by atomic mass is 10.0. The molecule has 0 saturated heterocycles. The number of rotatable bonds is 4. The molecule has 0 radical (unpaired) electrons. The van der Waals surface area contributed by atoms with Crippen LogP contribution in [0.15, 0.2) is 54.6 Å². The molecule has 2 aromatic carbocycles. The minimum atomic E-state index is -1.27. The van der Waals surface area contributed by atoms with Gasteiger partial charge in [-0.25, -0.2) is 0 Å². The van der Waals surface area contributed by atoms with Gasteiger partial charge in [0.25, 0.3) is 11.8 Å². The van der Waals surface area contributed by atoms with Crippen LogP contribution in [0.1, 0.15) is 36.0 Å². The highest BCUT2D eigenvalue weighted by atomic mass is 16.3. The lowest BCUT2D eigenvalue weighted by Gasteiger charge is -2.21. The third-order valence-electron chi connectivity index (χ3n) is 4.27. The summed E-state index contributed by atoms with van der Waals surface area (Å²) in [5.41, 5.74) is 0.419. The summed E-state index contributed by atoms with van der Waals surface area (Å²) in [4.78, 5) is 24.4. The largest absolute Gasteiger partial charge is 0.380 e. The Balaban J connectivity index is 1.68. The van der Waals surface area contributed by atoms with Crippen LogP contribution in [-0.2, 0) is 4.79 Å². The van der Waals surface area contributed by atoms with Gasteiger partial charge in [-0.3, -0.25) is 9.59 Å². The topological polar surface area (TPSA) is 78.4 Å². The standard InChI is InChI=1S/C19H20N2O3/c22-17(14-7-2-1-3-8-14)20-15-9-6-10-16(13-15)21-18(23)19(24)11-4-5-12-19/h1-3,6-10,13,24H,4-5,11-12H2,(H,20,22)(H,21,23). The molecule has 5 heteroatoms. The number of hydrogen-bond donors (Lipinski definition) is 3. The lowest BCUT2D eigenvalue weighted by Crippen LogP contribution is -2.40. The van der Waals surface area contributed by atoms with E-state index in [1.54, 1.807) is 48.5 Å². The first-order valence-corrected chi connectivity index (χ1v) is 8.07. The van der Waals surface area contributed by atoms with Crippen molar-refractivity contribution < 1.29 is 14.7 Å². The second-order valence-corrected chi connectivity index (χ2v) is 6.09. The Morgan fingerprint density at radius 2 is 1.50 bits per heavy atom. The Morgan fingerprint density at radius 1 is 0.875 bits per heavy atom. The molecule has 0 atom stereocenters. The zero-order valence-electron chi connectivity index (χ0n) is 13.3. The molecule has 2 aromatic rings. The fraction of sp³-hybridized carbons (Fsp3) is 0.263. The number of amides is 2. The summed E-state index contributed by atoms with van der Waals surface area (Å²) in [6.07, 6.45) is 2.70. The van der Waals surface area contributed by atoms with Gasteiger partial charge in [-0.2, -0.15) is 0 Å². The molecule has 0 spiro atoms. The van der Waals surface area contributed by atoms with Crippen LogP contribution in [0.2, 0.25) is 0 Å². The van der Waals surface area contributed by atoms with Crippen molar-refractivity contribution >= 4 is 23.2 Å². The highest BCUT2D eigenvalue weighted by Gasteiger charge is 2.38. The maximum Gasteiger partial charge on any atom is 0.256 e. The van der Waals surface area contributed by atoms with Crippen LogP contribution >= 0.6 is 0 Å². The molecule has 5 nitrogen and oxygen atoms in total. The number of anilines is 2. The molecule has 0 heterocycles. The van der Waals surface area contributed by atoms with Crippen molar-refractivity contribution in [1.82, 2.24) is 0 Å². The number of nitrogens with one attached hydrogen (secondary N) is 2. The van der Waals surface area contributed by atoms with Crippen molar-refractivity contribution in [2.75, 3.05) is 10.6 Å². The summed E-state index contributed by atoms with van der Waals surface area (Å²) < 4.78 is 0. The van der Waals surface area contributed by atoms with Crippen LogP contribution in [0.5, 0.6) is 0 Å². The molecule has 0 aliphatic heterocycles. The Hall–Kier alpha value is -2.66. The molecular formula is C19H20N2O3. The maximum absolute atomic E-state index is 12.2. The van der Waals surface area contributed by atoms with Gasteiger partial charge in [0.2, 0.25) is 0 Å². The zero-order chi connectivity index (χ0) is 17.0. The highest BCUT2D eigenvalue weighted by molar-refractivity contribution is 6.05. The van der Waals surface area contributed by atoms with E-state index in [4.69, 9.17) is 0 Å². The SMILES string of the molecule is O=C(Nc1cccc(NC(=O)C2(O)CCCC2)c1)c1ccccc1. The fourth-order valence-electron chi connectivity index (χ4n) is 2.90. The van der Waals surface area contributed by atoms with Crippen molar-refractivity contribution in [2.45, 2.75) is 31.3 Å². The first kappa shape index (κ1) is 16.2. The van der Waals surface area contributed by atoms with E-state index in [9.17, 15) is 14.7 Å². The summed E-state index contributed by atoms with van der Waals surface area (Å²) in [5.74, 6) is -0.597. The Kier molecular flexibility index (Phi) is 4.62. The van der Waals surface area contributed by atoms with E-state index in [1.807, 2.05) is 6.07 Å². The van der Waals surface area contributed by atoms with Gasteiger partial charge in [0.15, 0.2) is 0 Å². The van der Waals surface area contributed by atoms with Crippen molar-refractivity contribution in [3.63, 3.8) is 0 Å². The normalized spacial score (nSPS) is 15.7. The van der Waals surface area contributed by atoms with Crippen LogP contribution in [0.25, 0.3) is 0 Å². The molecule has 24 heavy (non-hydrogen) atoms. The average molecular weight is 324 g/mol. The van der Waals surface area contributed by atoms with Gasteiger partial charge < -0.3 is 15.7 Å². The van der Waals surface area contributed by atoms with Crippen LogP contribution in [0.3, 0.4) is 0 Å². The molecule has 1 fully saturated rings. The van der Waals surface area contributed by atoms with Crippen LogP contribution in [0.4, 0.5) is 11.4 Å². The van der Waals surface area contributed by atoms with Crippen molar-refractivity contribution in [3.05, 3.63) is 60.2 Å². The number of benzene rings is 2. The van der Waals surface area contributed by atoms with E-state index in [1.165, 1.54) is 0 Å². The van der Waals surface area contributed by atoms with E-state index >= 15 is 0 Å². The second-order valence-electron chi connectivity index (χ2n) is 6.09. The summed E-state index contributed by atoms with van der Waals surface area (Å²) in [6.45, 7) is 0. The predicted molar refractivity (Wildman–Crippen MR) is 92.9 cm³/mol. The number of carbonyl (C=O) groups excluding carboxylic acids is 2. The van der Waals surface area contributed by atoms with Crippen LogP contribution in [0, 0.1) is 0 Å². The third kappa shape index (κ3) is 3.63. The van der Waals surface area contributed by atoms with Gasteiger partial charge in [0, 0.05) is 16.9 Å². The summed E-state index contributed by atoms with van der Waals surface area (Å²) >= 11 is 0. The molecular weight excluding hydrogens is 304 g/mol. The quantitative estimate of drug-likeness (QED) is 0.808. The van der Waals surface area contributed by atoms with E-state index in [2.05, 4.69) is 10.6 Å². The molecule has 0 bridgehead atoms. The van der Waals surface area contributed by atoms with Gasteiger partial charge >= 0.3 is 0 Å².